The summed E-state index contributed by atoms with van der Waals surface area (Å²) >= 11 is 8.34. The smallest absolute Gasteiger partial charge is 0.296 e. The minimum atomic E-state index is 0.0492. The summed E-state index contributed by atoms with van der Waals surface area (Å²) in [5.41, 5.74) is 6.38. The van der Waals surface area contributed by atoms with Crippen LogP contribution in [0.2, 0.25) is 0 Å². The first-order chi connectivity index (χ1) is 11.3. The highest BCUT2D eigenvalue weighted by molar-refractivity contribution is 7.73. The van der Waals surface area contributed by atoms with Crippen LogP contribution in [0, 0.1) is 24.7 Å². The third-order valence-electron chi connectivity index (χ3n) is 4.25. The van der Waals surface area contributed by atoms with Crippen molar-refractivity contribution in [2.75, 3.05) is 0 Å². The normalized spacial score (nSPS) is 11.4. The molecule has 126 valence electrons. The Morgan fingerprint density at radius 2 is 1.50 bits per heavy atom. The molecule has 24 heavy (non-hydrogen) atoms. The molecule has 3 nitrogen and oxygen atoms in total. The summed E-state index contributed by atoms with van der Waals surface area (Å²) in [5.74, 6) is 0.367. The van der Waals surface area contributed by atoms with E-state index in [2.05, 4.69) is 49.8 Å². The lowest BCUT2D eigenvalue weighted by molar-refractivity contribution is 0.849. The number of aromatic nitrogens is 2. The first-order valence-electron chi connectivity index (χ1n) is 7.80. The van der Waals surface area contributed by atoms with Crippen LogP contribution in [0.3, 0.4) is 0 Å². The van der Waals surface area contributed by atoms with Crippen LogP contribution in [-0.4, -0.2) is 9.13 Å². The van der Waals surface area contributed by atoms with E-state index in [1.807, 2.05) is 12.3 Å². The van der Waals surface area contributed by atoms with Gasteiger partial charge in [0.1, 0.15) is 0 Å². The van der Waals surface area contributed by atoms with Crippen LogP contribution in [-0.2, 0) is 0 Å². The van der Waals surface area contributed by atoms with E-state index in [9.17, 15) is 4.79 Å². The van der Waals surface area contributed by atoms with Gasteiger partial charge >= 0.3 is 4.87 Å². The lowest BCUT2D eigenvalue weighted by Crippen LogP contribution is -2.15. The molecule has 0 fully saturated rings. The lowest BCUT2D eigenvalue weighted by atomic mass is 9.98. The molecule has 0 amide bonds. The SMILES string of the molecule is Cc1c(-n2c(C)csc2=O)cc(C(C)C)cc1-n1c(C)csc1=S. The van der Waals surface area contributed by atoms with Crippen LogP contribution < -0.4 is 4.87 Å². The van der Waals surface area contributed by atoms with Gasteiger partial charge in [-0.3, -0.25) is 13.9 Å². The molecule has 0 aliphatic carbocycles. The van der Waals surface area contributed by atoms with Crippen molar-refractivity contribution in [3.8, 4) is 11.4 Å². The van der Waals surface area contributed by atoms with E-state index >= 15 is 0 Å². The molecule has 2 aromatic heterocycles. The fourth-order valence-electron chi connectivity index (χ4n) is 2.85. The van der Waals surface area contributed by atoms with Crippen molar-refractivity contribution in [2.24, 2.45) is 0 Å². The Kier molecular flexibility index (Phi) is 4.64. The van der Waals surface area contributed by atoms with Crippen LogP contribution in [0.1, 0.15) is 42.3 Å². The van der Waals surface area contributed by atoms with Crippen LogP contribution in [0.15, 0.2) is 27.7 Å². The molecule has 0 atom stereocenters. The molecule has 1 aromatic carbocycles. The average Bonchev–Trinajstić information content (AvgIpc) is 3.02. The zero-order valence-electron chi connectivity index (χ0n) is 14.4. The first kappa shape index (κ1) is 17.3. The third-order valence-corrected chi connectivity index (χ3v) is 6.41. The predicted octanol–water partition coefficient (Wildman–Crippen LogP) is 5.53. The van der Waals surface area contributed by atoms with E-state index in [1.165, 1.54) is 16.9 Å². The topological polar surface area (TPSA) is 26.9 Å². The molecule has 0 bridgehead atoms. The highest BCUT2D eigenvalue weighted by atomic mass is 32.1. The number of rotatable bonds is 3. The highest BCUT2D eigenvalue weighted by Crippen LogP contribution is 2.30. The molecule has 0 N–H and O–H groups in total. The van der Waals surface area contributed by atoms with Crippen molar-refractivity contribution in [3.63, 3.8) is 0 Å². The van der Waals surface area contributed by atoms with E-state index in [0.29, 0.717) is 5.92 Å². The number of hydrogen-bond donors (Lipinski definition) is 0. The molecule has 3 aromatic rings. The zero-order valence-corrected chi connectivity index (χ0v) is 16.9. The number of aryl methyl sites for hydroxylation is 2. The van der Waals surface area contributed by atoms with Crippen molar-refractivity contribution in [1.82, 2.24) is 9.13 Å². The van der Waals surface area contributed by atoms with Gasteiger partial charge in [-0.25, -0.2) is 0 Å². The molecular formula is C18H20N2OS3. The summed E-state index contributed by atoms with van der Waals surface area (Å²) < 4.78 is 4.75. The Morgan fingerprint density at radius 1 is 0.958 bits per heavy atom. The van der Waals surface area contributed by atoms with Crippen LogP contribution in [0.25, 0.3) is 11.4 Å². The molecule has 0 radical (unpaired) electrons. The van der Waals surface area contributed by atoms with Gasteiger partial charge in [0, 0.05) is 22.1 Å². The molecule has 6 heteroatoms. The second-order valence-electron chi connectivity index (χ2n) is 6.30. The zero-order chi connectivity index (χ0) is 17.6. The van der Waals surface area contributed by atoms with Crippen LogP contribution in [0.5, 0.6) is 0 Å². The van der Waals surface area contributed by atoms with Gasteiger partial charge in [0.15, 0.2) is 3.95 Å². The highest BCUT2D eigenvalue weighted by Gasteiger charge is 2.16. The van der Waals surface area contributed by atoms with Gasteiger partial charge in [0.25, 0.3) is 0 Å². The third kappa shape index (κ3) is 2.83. The summed E-state index contributed by atoms with van der Waals surface area (Å²) in [6.07, 6.45) is 0. The summed E-state index contributed by atoms with van der Waals surface area (Å²) in [4.78, 5) is 12.4. The first-order valence-corrected chi connectivity index (χ1v) is 9.97. The van der Waals surface area contributed by atoms with Gasteiger partial charge in [0.05, 0.1) is 11.4 Å². The van der Waals surface area contributed by atoms with Crippen molar-refractivity contribution in [3.05, 3.63) is 59.0 Å². The van der Waals surface area contributed by atoms with Gasteiger partial charge in [-0.1, -0.05) is 25.2 Å². The summed E-state index contributed by atoms with van der Waals surface area (Å²) in [7, 11) is 0. The molecule has 0 aliphatic heterocycles. The standard InChI is InChI=1S/C18H20N2OS3/c1-10(2)14-6-15(19-11(3)8-23-17(19)21)13(5)16(7-14)20-12(4)9-24-18(20)22/h6-10H,1-5H3. The molecule has 0 saturated carbocycles. The quantitative estimate of drug-likeness (QED) is 0.562. The Labute approximate surface area is 154 Å². The van der Waals surface area contributed by atoms with Crippen LogP contribution in [0.4, 0.5) is 0 Å². The predicted molar refractivity (Wildman–Crippen MR) is 106 cm³/mol. The number of nitrogens with zero attached hydrogens (tertiary/aromatic N) is 2. The van der Waals surface area contributed by atoms with Gasteiger partial charge in [-0.2, -0.15) is 0 Å². The maximum absolute atomic E-state index is 12.4. The van der Waals surface area contributed by atoms with Crippen molar-refractivity contribution >= 4 is 34.9 Å². The van der Waals surface area contributed by atoms with E-state index in [1.54, 1.807) is 15.9 Å². The second kappa shape index (κ2) is 6.43. The Bertz CT molecular complexity index is 942. The van der Waals surface area contributed by atoms with Crippen LogP contribution >= 0.6 is 34.9 Å². The number of thiazole rings is 2. The maximum atomic E-state index is 12.4. The van der Waals surface area contributed by atoms with E-state index in [0.717, 1.165) is 32.3 Å². The molecule has 2 heterocycles. The van der Waals surface area contributed by atoms with Crippen molar-refractivity contribution in [2.45, 2.75) is 40.5 Å². The average molecular weight is 377 g/mol. The largest absolute Gasteiger partial charge is 0.311 e. The molecule has 0 saturated heterocycles. The summed E-state index contributed by atoms with van der Waals surface area (Å²) in [6.45, 7) is 10.4. The molecule has 0 aliphatic rings. The van der Waals surface area contributed by atoms with Crippen molar-refractivity contribution < 1.29 is 0 Å². The number of hydrogen-bond acceptors (Lipinski definition) is 4. The van der Waals surface area contributed by atoms with Gasteiger partial charge in [0.2, 0.25) is 0 Å². The minimum absolute atomic E-state index is 0.0492. The summed E-state index contributed by atoms with van der Waals surface area (Å²) in [5, 5.41) is 3.98. The molecular weight excluding hydrogens is 356 g/mol. The Balaban J connectivity index is 2.40. The van der Waals surface area contributed by atoms with E-state index in [4.69, 9.17) is 12.2 Å². The fraction of sp³-hybridized carbons (Fsp3) is 0.333. The molecule has 0 unspecified atom stereocenters. The Morgan fingerprint density at radius 3 is 1.96 bits per heavy atom. The van der Waals surface area contributed by atoms with Crippen molar-refractivity contribution in [1.29, 1.82) is 0 Å². The van der Waals surface area contributed by atoms with Gasteiger partial charge in [-0.15, -0.1) is 11.3 Å². The summed E-state index contributed by atoms with van der Waals surface area (Å²) in [6, 6.07) is 4.34. The fourth-order valence-corrected chi connectivity index (χ4v) is 4.69. The van der Waals surface area contributed by atoms with E-state index in [-0.39, 0.29) is 4.87 Å². The van der Waals surface area contributed by atoms with E-state index < -0.39 is 0 Å². The van der Waals surface area contributed by atoms with Gasteiger partial charge in [-0.05, 0) is 62.2 Å². The molecule has 0 spiro atoms. The molecule has 3 rings (SSSR count). The monoisotopic (exact) mass is 376 g/mol. The minimum Gasteiger partial charge on any atom is -0.296 e. The number of benzene rings is 1. The lowest BCUT2D eigenvalue weighted by Gasteiger charge is -2.19. The van der Waals surface area contributed by atoms with Gasteiger partial charge < -0.3 is 0 Å². The maximum Gasteiger partial charge on any atom is 0.311 e. The Hall–Kier alpha value is -1.50. The second-order valence-corrected chi connectivity index (χ2v) is 8.62.